The van der Waals surface area contributed by atoms with Crippen LogP contribution in [0.1, 0.15) is 5.56 Å². The van der Waals surface area contributed by atoms with Crippen molar-refractivity contribution in [1.82, 2.24) is 15.5 Å². The van der Waals surface area contributed by atoms with Crippen LogP contribution >= 0.6 is 24.8 Å². The zero-order valence-corrected chi connectivity index (χ0v) is 14.2. The van der Waals surface area contributed by atoms with Gasteiger partial charge in [0, 0.05) is 19.6 Å². The second kappa shape index (κ2) is 13.3. The molecule has 126 valence electrons. The predicted molar refractivity (Wildman–Crippen MR) is 92.3 cm³/mol. The minimum Gasteiger partial charge on any atom is -0.353 e. The summed E-state index contributed by atoms with van der Waals surface area (Å²) in [5.74, 6) is -0.541. The lowest BCUT2D eigenvalue weighted by Crippen LogP contribution is -2.41. The first-order valence-electron chi connectivity index (χ1n) is 6.57. The van der Waals surface area contributed by atoms with Gasteiger partial charge in [-0.05, 0) is 12.6 Å². The summed E-state index contributed by atoms with van der Waals surface area (Å²) in [7, 11) is 2.00. The van der Waals surface area contributed by atoms with Gasteiger partial charge in [-0.25, -0.2) is 0 Å². The Morgan fingerprint density at radius 3 is 2.32 bits per heavy atom. The quantitative estimate of drug-likeness (QED) is 0.622. The predicted octanol–water partition coefficient (Wildman–Crippen LogP) is 0.153. The van der Waals surface area contributed by atoms with Gasteiger partial charge in [-0.1, -0.05) is 30.3 Å². The summed E-state index contributed by atoms with van der Waals surface area (Å²) < 4.78 is 0. The molecule has 0 unspecified atom stereocenters. The van der Waals surface area contributed by atoms with Crippen molar-refractivity contribution in [2.45, 2.75) is 6.54 Å². The second-order valence-electron chi connectivity index (χ2n) is 4.55. The van der Waals surface area contributed by atoms with Gasteiger partial charge in [0.2, 0.25) is 11.8 Å². The third-order valence-corrected chi connectivity index (χ3v) is 2.74. The Hall–Kier alpha value is -1.34. The van der Waals surface area contributed by atoms with Crippen LogP contribution in [0.4, 0.5) is 0 Å². The van der Waals surface area contributed by atoms with Gasteiger partial charge in [0.15, 0.2) is 0 Å². The number of carbonyl (C=O) groups excluding carboxylic acids is 2. The van der Waals surface area contributed by atoms with E-state index in [1.165, 1.54) is 5.56 Å². The lowest BCUT2D eigenvalue weighted by Gasteiger charge is -2.17. The van der Waals surface area contributed by atoms with Crippen molar-refractivity contribution >= 4 is 36.6 Å². The van der Waals surface area contributed by atoms with Crippen molar-refractivity contribution < 1.29 is 9.59 Å². The van der Waals surface area contributed by atoms with Gasteiger partial charge in [-0.3, -0.25) is 9.59 Å². The molecule has 0 bridgehead atoms. The zero-order chi connectivity index (χ0) is 14.8. The fourth-order valence-electron chi connectivity index (χ4n) is 1.67. The molecule has 0 heterocycles. The van der Waals surface area contributed by atoms with E-state index in [0.717, 1.165) is 13.1 Å². The Bertz CT molecular complexity index is 432. The average molecular weight is 351 g/mol. The van der Waals surface area contributed by atoms with E-state index < -0.39 is 0 Å². The van der Waals surface area contributed by atoms with E-state index >= 15 is 0 Å². The molecular weight excluding hydrogens is 327 g/mol. The summed E-state index contributed by atoms with van der Waals surface area (Å²) in [4.78, 5) is 24.4. The second-order valence-corrected chi connectivity index (χ2v) is 4.55. The highest BCUT2D eigenvalue weighted by Gasteiger charge is 2.04. The maximum Gasteiger partial charge on any atom is 0.239 e. The van der Waals surface area contributed by atoms with Gasteiger partial charge < -0.3 is 21.3 Å². The molecule has 0 aliphatic rings. The van der Waals surface area contributed by atoms with Crippen molar-refractivity contribution in [3.8, 4) is 0 Å². The molecule has 0 spiro atoms. The summed E-state index contributed by atoms with van der Waals surface area (Å²) in [6, 6.07) is 10.1. The van der Waals surface area contributed by atoms with Crippen molar-refractivity contribution in [1.29, 1.82) is 0 Å². The largest absolute Gasteiger partial charge is 0.353 e. The molecule has 1 rings (SSSR count). The van der Waals surface area contributed by atoms with Crippen molar-refractivity contribution in [2.75, 3.05) is 33.2 Å². The number of nitrogens with two attached hydrogens (primary N) is 1. The number of halogens is 2. The molecular formula is C14H24Cl2N4O2. The Morgan fingerprint density at radius 1 is 1.09 bits per heavy atom. The van der Waals surface area contributed by atoms with Crippen molar-refractivity contribution in [3.63, 3.8) is 0 Å². The molecule has 22 heavy (non-hydrogen) atoms. The smallest absolute Gasteiger partial charge is 0.239 e. The number of rotatable bonds is 8. The first kappa shape index (κ1) is 22.9. The van der Waals surface area contributed by atoms with E-state index in [2.05, 4.69) is 27.7 Å². The Morgan fingerprint density at radius 2 is 1.73 bits per heavy atom. The van der Waals surface area contributed by atoms with Gasteiger partial charge in [-0.15, -0.1) is 24.8 Å². The maximum absolute atomic E-state index is 11.4. The van der Waals surface area contributed by atoms with Gasteiger partial charge in [0.1, 0.15) is 0 Å². The van der Waals surface area contributed by atoms with Crippen LogP contribution in [-0.4, -0.2) is 49.9 Å². The van der Waals surface area contributed by atoms with Crippen molar-refractivity contribution in [2.24, 2.45) is 5.73 Å². The molecule has 4 N–H and O–H groups in total. The number of amides is 2. The third-order valence-electron chi connectivity index (χ3n) is 2.74. The van der Waals surface area contributed by atoms with E-state index in [-0.39, 0.29) is 49.7 Å². The minimum absolute atomic E-state index is 0. The summed E-state index contributed by atoms with van der Waals surface area (Å²) >= 11 is 0. The summed E-state index contributed by atoms with van der Waals surface area (Å²) in [5, 5.41) is 5.16. The molecule has 0 fully saturated rings. The van der Waals surface area contributed by atoms with E-state index in [1.54, 1.807) is 0 Å². The number of likely N-dealkylation sites (N-methyl/N-ethyl adjacent to an activating group) is 1. The van der Waals surface area contributed by atoms with Crippen LogP contribution in [0.15, 0.2) is 30.3 Å². The molecule has 6 nitrogen and oxygen atoms in total. The number of hydrogen-bond acceptors (Lipinski definition) is 4. The molecule has 0 radical (unpaired) electrons. The molecule has 0 saturated carbocycles. The number of nitrogens with zero attached hydrogens (tertiary/aromatic N) is 1. The van der Waals surface area contributed by atoms with Gasteiger partial charge in [0.05, 0.1) is 13.1 Å². The lowest BCUT2D eigenvalue weighted by molar-refractivity contribution is -0.125. The van der Waals surface area contributed by atoms with Crippen LogP contribution in [0.3, 0.4) is 0 Å². The standard InChI is InChI=1S/C14H22N4O2.2ClH/c1-18(11-12-5-3-2-4-6-12)8-7-16-14(20)10-17-13(19)9-15;;/h2-6H,7-11,15H2,1H3,(H,16,20)(H,17,19);2*1H. The van der Waals surface area contributed by atoms with Gasteiger partial charge >= 0.3 is 0 Å². The van der Waals surface area contributed by atoms with Crippen LogP contribution in [0, 0.1) is 0 Å². The SMILES string of the molecule is CN(CCNC(=O)CNC(=O)CN)Cc1ccccc1.Cl.Cl. The molecule has 0 aromatic heterocycles. The number of benzene rings is 1. The minimum atomic E-state index is -0.332. The fourth-order valence-corrected chi connectivity index (χ4v) is 1.67. The summed E-state index contributed by atoms with van der Waals surface area (Å²) in [6.45, 7) is 1.98. The highest BCUT2D eigenvalue weighted by molar-refractivity contribution is 5.86. The fraction of sp³-hybridized carbons (Fsp3) is 0.429. The van der Waals surface area contributed by atoms with Crippen LogP contribution in [0.5, 0.6) is 0 Å². The number of hydrogen-bond donors (Lipinski definition) is 3. The molecule has 2 amide bonds. The molecule has 0 aliphatic heterocycles. The first-order chi connectivity index (χ1) is 9.61. The zero-order valence-electron chi connectivity index (χ0n) is 12.6. The third kappa shape index (κ3) is 10.4. The number of nitrogens with one attached hydrogen (secondary N) is 2. The first-order valence-corrected chi connectivity index (χ1v) is 6.57. The molecule has 1 aromatic rings. The maximum atomic E-state index is 11.4. The average Bonchev–Trinajstić information content (AvgIpc) is 2.45. The Kier molecular flexibility index (Phi) is 13.9. The molecule has 1 aromatic carbocycles. The van der Waals surface area contributed by atoms with Gasteiger partial charge in [-0.2, -0.15) is 0 Å². The topological polar surface area (TPSA) is 87.5 Å². The van der Waals surface area contributed by atoms with Crippen LogP contribution < -0.4 is 16.4 Å². The van der Waals surface area contributed by atoms with E-state index in [0.29, 0.717) is 6.54 Å². The van der Waals surface area contributed by atoms with E-state index in [9.17, 15) is 9.59 Å². The lowest BCUT2D eigenvalue weighted by atomic mass is 10.2. The van der Waals surface area contributed by atoms with Crippen LogP contribution in [-0.2, 0) is 16.1 Å². The van der Waals surface area contributed by atoms with E-state index in [4.69, 9.17) is 5.73 Å². The molecule has 8 heteroatoms. The summed E-state index contributed by atoms with van der Waals surface area (Å²) in [6.07, 6.45) is 0. The van der Waals surface area contributed by atoms with E-state index in [1.807, 2.05) is 25.2 Å². The number of carbonyl (C=O) groups is 2. The normalized spacial score (nSPS) is 9.41. The van der Waals surface area contributed by atoms with Crippen LogP contribution in [0.2, 0.25) is 0 Å². The highest BCUT2D eigenvalue weighted by Crippen LogP contribution is 2.01. The molecule has 0 atom stereocenters. The highest BCUT2D eigenvalue weighted by atomic mass is 35.5. The summed E-state index contributed by atoms with van der Waals surface area (Å²) in [5.41, 5.74) is 6.35. The van der Waals surface area contributed by atoms with Gasteiger partial charge in [0.25, 0.3) is 0 Å². The van der Waals surface area contributed by atoms with Crippen LogP contribution in [0.25, 0.3) is 0 Å². The van der Waals surface area contributed by atoms with Crippen molar-refractivity contribution in [3.05, 3.63) is 35.9 Å². The molecule has 0 aliphatic carbocycles. The molecule has 0 saturated heterocycles. The monoisotopic (exact) mass is 350 g/mol. The Labute approximate surface area is 143 Å². The Balaban J connectivity index is 0.